The van der Waals surface area contributed by atoms with Crippen LogP contribution in [0.2, 0.25) is 10.0 Å². The Morgan fingerprint density at radius 3 is 2.45 bits per heavy atom. The van der Waals surface area contributed by atoms with E-state index in [2.05, 4.69) is 5.32 Å². The van der Waals surface area contributed by atoms with E-state index in [4.69, 9.17) is 27.9 Å². The van der Waals surface area contributed by atoms with Gasteiger partial charge in [0.05, 0.1) is 17.2 Å². The Kier molecular flexibility index (Phi) is 4.57. The van der Waals surface area contributed by atoms with Crippen LogP contribution < -0.4 is 10.1 Å². The molecule has 0 bridgehead atoms. The maximum atomic E-state index is 13.3. The molecule has 0 amide bonds. The van der Waals surface area contributed by atoms with Crippen LogP contribution in [0.1, 0.15) is 5.56 Å². The number of benzene rings is 2. The highest BCUT2D eigenvalue weighted by Crippen LogP contribution is 2.29. The number of phenolic OH excluding ortho intramolecular Hbond substituents is 1. The summed E-state index contributed by atoms with van der Waals surface area (Å²) in [6.45, 7) is 0.321. The van der Waals surface area contributed by atoms with Gasteiger partial charge in [0, 0.05) is 17.8 Å². The largest absolute Gasteiger partial charge is 0.508 e. The fraction of sp³-hybridized carbons (Fsp3) is 0.143. The standard InChI is InChI=1S/C14H12Cl2FNO2/c1-20-10-2-3-13(19)8(4-10)7-18-9-5-11(15)14(17)12(16)6-9/h2-6,18-19H,7H2,1H3. The first-order valence-corrected chi connectivity index (χ1v) is 6.51. The van der Waals surface area contributed by atoms with Crippen molar-refractivity contribution in [3.8, 4) is 11.5 Å². The Morgan fingerprint density at radius 1 is 1.20 bits per heavy atom. The minimum Gasteiger partial charge on any atom is -0.508 e. The number of hydrogen-bond acceptors (Lipinski definition) is 3. The van der Waals surface area contributed by atoms with Gasteiger partial charge in [-0.25, -0.2) is 4.39 Å². The van der Waals surface area contributed by atoms with Crippen molar-refractivity contribution < 1.29 is 14.2 Å². The number of nitrogens with one attached hydrogen (secondary N) is 1. The molecule has 0 aliphatic heterocycles. The summed E-state index contributed by atoms with van der Waals surface area (Å²) in [5, 5.41) is 12.6. The number of ether oxygens (including phenoxy) is 1. The topological polar surface area (TPSA) is 41.5 Å². The molecule has 0 radical (unpaired) electrons. The van der Waals surface area contributed by atoms with Gasteiger partial charge in [-0.2, -0.15) is 0 Å². The van der Waals surface area contributed by atoms with E-state index in [0.29, 0.717) is 23.5 Å². The van der Waals surface area contributed by atoms with Crippen LogP contribution >= 0.6 is 23.2 Å². The van der Waals surface area contributed by atoms with Crippen molar-refractivity contribution in [2.24, 2.45) is 0 Å². The Hall–Kier alpha value is -1.65. The van der Waals surface area contributed by atoms with E-state index in [1.807, 2.05) is 0 Å². The number of hydrogen-bond donors (Lipinski definition) is 2. The third-order valence-electron chi connectivity index (χ3n) is 2.75. The van der Waals surface area contributed by atoms with Crippen molar-refractivity contribution >= 4 is 28.9 Å². The summed E-state index contributed by atoms with van der Waals surface area (Å²) in [6.07, 6.45) is 0. The van der Waals surface area contributed by atoms with Gasteiger partial charge in [-0.05, 0) is 30.3 Å². The summed E-state index contributed by atoms with van der Waals surface area (Å²) in [5.74, 6) is 0.121. The van der Waals surface area contributed by atoms with Gasteiger partial charge in [0.1, 0.15) is 11.5 Å². The highest BCUT2D eigenvalue weighted by atomic mass is 35.5. The fourth-order valence-electron chi connectivity index (χ4n) is 1.69. The lowest BCUT2D eigenvalue weighted by molar-refractivity contribution is 0.411. The molecule has 0 saturated carbocycles. The first kappa shape index (κ1) is 14.8. The molecule has 6 heteroatoms. The lowest BCUT2D eigenvalue weighted by atomic mass is 10.2. The predicted molar refractivity (Wildman–Crippen MR) is 78.4 cm³/mol. The molecule has 0 saturated heterocycles. The quantitative estimate of drug-likeness (QED) is 0.818. The zero-order valence-corrected chi connectivity index (χ0v) is 12.1. The van der Waals surface area contributed by atoms with Gasteiger partial charge in [0.25, 0.3) is 0 Å². The van der Waals surface area contributed by atoms with Crippen molar-refractivity contribution in [3.05, 3.63) is 51.8 Å². The number of phenols is 1. The van der Waals surface area contributed by atoms with E-state index in [1.165, 1.54) is 12.1 Å². The molecule has 0 heterocycles. The second-order valence-electron chi connectivity index (χ2n) is 4.10. The summed E-state index contributed by atoms with van der Waals surface area (Å²) in [7, 11) is 1.54. The molecular weight excluding hydrogens is 304 g/mol. The van der Waals surface area contributed by atoms with Crippen LogP contribution in [0, 0.1) is 5.82 Å². The van der Waals surface area contributed by atoms with Gasteiger partial charge in [-0.15, -0.1) is 0 Å². The number of methoxy groups -OCH3 is 1. The summed E-state index contributed by atoms with van der Waals surface area (Å²) < 4.78 is 18.4. The Bertz CT molecular complexity index is 612. The molecule has 2 aromatic carbocycles. The summed E-state index contributed by atoms with van der Waals surface area (Å²) in [5.41, 5.74) is 1.20. The van der Waals surface area contributed by atoms with E-state index >= 15 is 0 Å². The van der Waals surface area contributed by atoms with E-state index in [0.717, 1.165) is 0 Å². The molecular formula is C14H12Cl2FNO2. The molecule has 3 nitrogen and oxygen atoms in total. The smallest absolute Gasteiger partial charge is 0.160 e. The summed E-state index contributed by atoms with van der Waals surface area (Å²) in [4.78, 5) is 0. The average Bonchev–Trinajstić information content (AvgIpc) is 2.43. The van der Waals surface area contributed by atoms with Crippen LogP contribution in [0.4, 0.5) is 10.1 Å². The molecule has 20 heavy (non-hydrogen) atoms. The van der Waals surface area contributed by atoms with Crippen molar-refractivity contribution in [2.75, 3.05) is 12.4 Å². The second kappa shape index (κ2) is 6.20. The van der Waals surface area contributed by atoms with Crippen LogP contribution in [0.15, 0.2) is 30.3 Å². The van der Waals surface area contributed by atoms with Crippen molar-refractivity contribution in [2.45, 2.75) is 6.54 Å². The molecule has 0 fully saturated rings. The highest BCUT2D eigenvalue weighted by molar-refractivity contribution is 6.35. The van der Waals surface area contributed by atoms with Crippen LogP contribution in [0.25, 0.3) is 0 Å². The summed E-state index contributed by atoms with van der Waals surface area (Å²) in [6, 6.07) is 7.76. The number of rotatable bonds is 4. The molecule has 0 aliphatic carbocycles. The van der Waals surface area contributed by atoms with E-state index in [1.54, 1.807) is 25.3 Å². The highest BCUT2D eigenvalue weighted by Gasteiger charge is 2.08. The summed E-state index contributed by atoms with van der Waals surface area (Å²) >= 11 is 11.4. The van der Waals surface area contributed by atoms with Gasteiger partial charge in [-0.1, -0.05) is 23.2 Å². The monoisotopic (exact) mass is 315 g/mol. The fourth-order valence-corrected chi connectivity index (χ4v) is 2.17. The third kappa shape index (κ3) is 3.26. The second-order valence-corrected chi connectivity index (χ2v) is 4.92. The zero-order valence-electron chi connectivity index (χ0n) is 10.6. The normalized spacial score (nSPS) is 10.4. The van der Waals surface area contributed by atoms with Crippen LogP contribution in [0.3, 0.4) is 0 Å². The van der Waals surface area contributed by atoms with E-state index in [-0.39, 0.29) is 15.8 Å². The Labute approximate surface area is 125 Å². The molecule has 0 atom stereocenters. The van der Waals surface area contributed by atoms with Gasteiger partial charge < -0.3 is 15.2 Å². The molecule has 0 aromatic heterocycles. The van der Waals surface area contributed by atoms with Crippen molar-refractivity contribution in [1.29, 1.82) is 0 Å². The van der Waals surface area contributed by atoms with Gasteiger partial charge in [0.15, 0.2) is 5.82 Å². The molecule has 0 unspecified atom stereocenters. The van der Waals surface area contributed by atoms with Crippen molar-refractivity contribution in [1.82, 2.24) is 0 Å². The maximum Gasteiger partial charge on any atom is 0.160 e. The van der Waals surface area contributed by atoms with Crippen LogP contribution in [0.5, 0.6) is 11.5 Å². The molecule has 2 aromatic rings. The Balaban J connectivity index is 2.16. The lowest BCUT2D eigenvalue weighted by Crippen LogP contribution is -2.01. The Morgan fingerprint density at radius 2 is 1.85 bits per heavy atom. The minimum absolute atomic E-state index is 0.0603. The number of anilines is 1. The number of aromatic hydroxyl groups is 1. The minimum atomic E-state index is -0.650. The van der Waals surface area contributed by atoms with Crippen molar-refractivity contribution in [3.63, 3.8) is 0 Å². The van der Waals surface area contributed by atoms with Crippen LogP contribution in [-0.2, 0) is 6.54 Å². The lowest BCUT2D eigenvalue weighted by Gasteiger charge is -2.11. The molecule has 2 N–H and O–H groups in total. The van der Waals surface area contributed by atoms with Crippen LogP contribution in [-0.4, -0.2) is 12.2 Å². The maximum absolute atomic E-state index is 13.3. The molecule has 106 valence electrons. The van der Waals surface area contributed by atoms with Gasteiger partial charge in [-0.3, -0.25) is 0 Å². The average molecular weight is 316 g/mol. The molecule has 0 aliphatic rings. The molecule has 2 rings (SSSR count). The predicted octanol–water partition coefficient (Wildman–Crippen LogP) is 4.46. The zero-order chi connectivity index (χ0) is 14.7. The van der Waals surface area contributed by atoms with Gasteiger partial charge >= 0.3 is 0 Å². The van der Waals surface area contributed by atoms with E-state index in [9.17, 15) is 9.50 Å². The number of halogens is 3. The third-order valence-corrected chi connectivity index (χ3v) is 3.30. The van der Waals surface area contributed by atoms with Gasteiger partial charge in [0.2, 0.25) is 0 Å². The first-order chi connectivity index (χ1) is 9.51. The molecule has 0 spiro atoms. The SMILES string of the molecule is COc1ccc(O)c(CNc2cc(Cl)c(F)c(Cl)c2)c1. The van der Waals surface area contributed by atoms with E-state index < -0.39 is 5.82 Å². The first-order valence-electron chi connectivity index (χ1n) is 5.75.